The molecule has 0 unspecified atom stereocenters. The highest BCUT2D eigenvalue weighted by molar-refractivity contribution is 7.89. The van der Waals surface area contributed by atoms with E-state index in [1.165, 1.54) is 21.4 Å². The zero-order chi connectivity index (χ0) is 19.1. The van der Waals surface area contributed by atoms with E-state index in [0.717, 1.165) is 12.1 Å². The van der Waals surface area contributed by atoms with Crippen LogP contribution in [-0.4, -0.2) is 53.4 Å². The highest BCUT2D eigenvalue weighted by Crippen LogP contribution is 2.33. The standard InChI is InChI=1S/C14H15ClF3N5O2S/c1-21-8-12(19-9-21)26(24,25)23-6-4-22(5-7-23)13-10(15)2-3-11(20-13)14(16,17)18/h2-3,8-9H,4-7H2,1H3. The highest BCUT2D eigenvalue weighted by atomic mass is 35.5. The Hall–Kier alpha value is -1.85. The van der Waals surface area contributed by atoms with E-state index < -0.39 is 21.9 Å². The largest absolute Gasteiger partial charge is 0.433 e. The molecule has 0 aliphatic carbocycles. The zero-order valence-electron chi connectivity index (χ0n) is 13.6. The Morgan fingerprint density at radius 2 is 1.81 bits per heavy atom. The summed E-state index contributed by atoms with van der Waals surface area (Å²) in [5.74, 6) is -0.00336. The minimum absolute atomic E-state index is 0.00336. The Balaban J connectivity index is 1.77. The number of pyridine rings is 1. The molecule has 7 nitrogen and oxygen atoms in total. The number of alkyl halides is 3. The van der Waals surface area contributed by atoms with Gasteiger partial charge in [-0.15, -0.1) is 0 Å². The van der Waals surface area contributed by atoms with Crippen molar-refractivity contribution in [1.29, 1.82) is 0 Å². The molecule has 2 aromatic rings. The number of imidazole rings is 1. The summed E-state index contributed by atoms with van der Waals surface area (Å²) in [6, 6.07) is 1.96. The van der Waals surface area contributed by atoms with E-state index in [0.29, 0.717) is 0 Å². The van der Waals surface area contributed by atoms with E-state index in [2.05, 4.69) is 9.97 Å². The van der Waals surface area contributed by atoms with E-state index in [1.807, 2.05) is 0 Å². The second kappa shape index (κ2) is 6.71. The first-order valence-electron chi connectivity index (χ1n) is 7.56. The summed E-state index contributed by atoms with van der Waals surface area (Å²) in [4.78, 5) is 9.00. The summed E-state index contributed by atoms with van der Waals surface area (Å²) in [6.07, 6.45) is -1.80. The van der Waals surface area contributed by atoms with E-state index >= 15 is 0 Å². The van der Waals surface area contributed by atoms with Crippen molar-refractivity contribution in [3.63, 3.8) is 0 Å². The van der Waals surface area contributed by atoms with Crippen LogP contribution in [0.3, 0.4) is 0 Å². The third kappa shape index (κ3) is 3.64. The molecule has 1 fully saturated rings. The number of aryl methyl sites for hydroxylation is 1. The fraction of sp³-hybridized carbons (Fsp3) is 0.429. The van der Waals surface area contributed by atoms with E-state index in [1.54, 1.807) is 11.9 Å². The van der Waals surface area contributed by atoms with Crippen molar-refractivity contribution < 1.29 is 21.6 Å². The molecule has 0 amide bonds. The molecule has 0 bridgehead atoms. The first kappa shape index (κ1) is 18.9. The number of piperazine rings is 1. The maximum absolute atomic E-state index is 12.9. The Bertz CT molecular complexity index is 908. The molecule has 0 saturated carbocycles. The van der Waals surface area contributed by atoms with E-state index in [-0.39, 0.29) is 42.0 Å². The Morgan fingerprint density at radius 1 is 1.15 bits per heavy atom. The first-order valence-corrected chi connectivity index (χ1v) is 9.37. The van der Waals surface area contributed by atoms with Crippen LogP contribution in [0.15, 0.2) is 29.7 Å². The van der Waals surface area contributed by atoms with Gasteiger partial charge >= 0.3 is 6.18 Å². The normalized spacial score (nSPS) is 16.9. The predicted octanol–water partition coefficient (Wildman–Crippen LogP) is 2.00. The molecule has 0 aromatic carbocycles. The fourth-order valence-electron chi connectivity index (χ4n) is 2.61. The Morgan fingerprint density at radius 3 is 2.35 bits per heavy atom. The van der Waals surface area contributed by atoms with Crippen molar-refractivity contribution in [3.8, 4) is 0 Å². The summed E-state index contributed by atoms with van der Waals surface area (Å²) in [5, 5.41) is 0.0164. The lowest BCUT2D eigenvalue weighted by atomic mass is 10.3. The number of anilines is 1. The summed E-state index contributed by atoms with van der Waals surface area (Å²) < 4.78 is 66.4. The van der Waals surface area contributed by atoms with Gasteiger partial charge in [0.2, 0.25) is 0 Å². The van der Waals surface area contributed by atoms with Crippen molar-refractivity contribution in [2.24, 2.45) is 7.05 Å². The molecule has 0 spiro atoms. The number of rotatable bonds is 3. The lowest BCUT2D eigenvalue weighted by Gasteiger charge is -2.34. The van der Waals surface area contributed by atoms with Gasteiger partial charge in [-0.05, 0) is 12.1 Å². The minimum Gasteiger partial charge on any atom is -0.353 e. The number of aromatic nitrogens is 3. The van der Waals surface area contributed by atoms with Gasteiger partial charge in [0, 0.05) is 39.4 Å². The average molecular weight is 410 g/mol. The molecule has 142 valence electrons. The zero-order valence-corrected chi connectivity index (χ0v) is 15.2. The number of nitrogens with zero attached hydrogens (tertiary/aromatic N) is 5. The van der Waals surface area contributed by atoms with Crippen LogP contribution < -0.4 is 4.90 Å². The van der Waals surface area contributed by atoms with Gasteiger partial charge in [-0.2, -0.15) is 17.5 Å². The molecule has 1 saturated heterocycles. The van der Waals surface area contributed by atoms with Crippen molar-refractivity contribution >= 4 is 27.4 Å². The molecule has 1 aliphatic rings. The van der Waals surface area contributed by atoms with Gasteiger partial charge in [-0.1, -0.05) is 11.6 Å². The van der Waals surface area contributed by atoms with Crippen LogP contribution in [0.2, 0.25) is 5.02 Å². The van der Waals surface area contributed by atoms with Crippen LogP contribution in [0.5, 0.6) is 0 Å². The molecule has 0 atom stereocenters. The average Bonchev–Trinajstić information content (AvgIpc) is 3.02. The third-order valence-electron chi connectivity index (χ3n) is 3.94. The summed E-state index contributed by atoms with van der Waals surface area (Å²) >= 11 is 5.99. The molecule has 3 heterocycles. The molecule has 12 heteroatoms. The van der Waals surface area contributed by atoms with Crippen LogP contribution >= 0.6 is 11.6 Å². The van der Waals surface area contributed by atoms with Crippen LogP contribution in [0.4, 0.5) is 19.0 Å². The van der Waals surface area contributed by atoms with Crippen molar-refractivity contribution in [2.75, 3.05) is 31.1 Å². The molecular weight excluding hydrogens is 395 g/mol. The first-order chi connectivity index (χ1) is 12.1. The number of hydrogen-bond donors (Lipinski definition) is 0. The lowest BCUT2D eigenvalue weighted by molar-refractivity contribution is -0.141. The van der Waals surface area contributed by atoms with Crippen LogP contribution in [0.1, 0.15) is 5.69 Å². The summed E-state index contributed by atoms with van der Waals surface area (Å²) in [7, 11) is -2.09. The van der Waals surface area contributed by atoms with E-state index in [4.69, 9.17) is 11.6 Å². The molecule has 0 radical (unpaired) electrons. The Kier molecular flexibility index (Phi) is 4.88. The molecular formula is C14H15ClF3N5O2S. The van der Waals surface area contributed by atoms with Gasteiger partial charge in [0.25, 0.3) is 10.0 Å². The Labute approximate surface area is 153 Å². The van der Waals surface area contributed by atoms with Crippen molar-refractivity contribution in [3.05, 3.63) is 35.4 Å². The van der Waals surface area contributed by atoms with Gasteiger partial charge in [0.1, 0.15) is 11.5 Å². The smallest absolute Gasteiger partial charge is 0.353 e. The quantitative estimate of drug-likeness (QED) is 0.775. The number of hydrogen-bond acceptors (Lipinski definition) is 5. The highest BCUT2D eigenvalue weighted by Gasteiger charge is 2.35. The second-order valence-corrected chi connectivity index (χ2v) is 8.06. The van der Waals surface area contributed by atoms with E-state index in [9.17, 15) is 21.6 Å². The van der Waals surface area contributed by atoms with Crippen LogP contribution in [-0.2, 0) is 23.2 Å². The molecule has 1 aliphatic heterocycles. The maximum Gasteiger partial charge on any atom is 0.433 e. The minimum atomic E-state index is -4.58. The third-order valence-corrected chi connectivity index (χ3v) is 6.02. The second-order valence-electron chi connectivity index (χ2n) is 5.77. The monoisotopic (exact) mass is 409 g/mol. The van der Waals surface area contributed by atoms with Crippen molar-refractivity contribution in [2.45, 2.75) is 11.2 Å². The lowest BCUT2D eigenvalue weighted by Crippen LogP contribution is -2.49. The molecule has 0 N–H and O–H groups in total. The number of halogens is 4. The topological polar surface area (TPSA) is 71.3 Å². The van der Waals surface area contributed by atoms with Gasteiger partial charge in [0.05, 0.1) is 11.3 Å². The fourth-order valence-corrected chi connectivity index (χ4v) is 4.22. The van der Waals surface area contributed by atoms with Gasteiger partial charge in [0.15, 0.2) is 5.03 Å². The van der Waals surface area contributed by atoms with Gasteiger partial charge in [-0.25, -0.2) is 18.4 Å². The maximum atomic E-state index is 12.9. The van der Waals surface area contributed by atoms with Gasteiger partial charge < -0.3 is 9.47 Å². The van der Waals surface area contributed by atoms with Crippen LogP contribution in [0, 0.1) is 0 Å². The summed E-state index contributed by atoms with van der Waals surface area (Å²) in [5.41, 5.74) is -1.04. The predicted molar refractivity (Wildman–Crippen MR) is 88.4 cm³/mol. The van der Waals surface area contributed by atoms with Crippen molar-refractivity contribution in [1.82, 2.24) is 18.8 Å². The molecule has 26 heavy (non-hydrogen) atoms. The number of sulfonamides is 1. The van der Waals surface area contributed by atoms with Gasteiger partial charge in [-0.3, -0.25) is 0 Å². The molecule has 3 rings (SSSR count). The molecule has 2 aromatic heterocycles. The summed E-state index contributed by atoms with van der Waals surface area (Å²) in [6.45, 7) is 0.514. The van der Waals surface area contributed by atoms with Crippen LogP contribution in [0.25, 0.3) is 0 Å². The SMILES string of the molecule is Cn1cnc(S(=O)(=O)N2CCN(c3nc(C(F)(F)F)ccc3Cl)CC2)c1.